The van der Waals surface area contributed by atoms with Gasteiger partial charge in [0.2, 0.25) is 5.91 Å². The van der Waals surface area contributed by atoms with Gasteiger partial charge in [0.25, 0.3) is 0 Å². The van der Waals surface area contributed by atoms with Crippen LogP contribution in [0.5, 0.6) is 5.75 Å². The van der Waals surface area contributed by atoms with Gasteiger partial charge in [-0.3, -0.25) is 4.79 Å². The molecule has 0 spiro atoms. The molecule has 0 radical (unpaired) electrons. The number of halogens is 1. The summed E-state index contributed by atoms with van der Waals surface area (Å²) < 4.78 is 5.94. The molecule has 1 amide bonds. The van der Waals surface area contributed by atoms with Gasteiger partial charge in [-0.15, -0.1) is 0 Å². The van der Waals surface area contributed by atoms with Crippen LogP contribution in [-0.4, -0.2) is 12.5 Å². The molecule has 1 aliphatic rings. The zero-order valence-corrected chi connectivity index (χ0v) is 17.9. The van der Waals surface area contributed by atoms with Gasteiger partial charge >= 0.3 is 0 Å². The largest absolute Gasteiger partial charge is 0.493 e. The maximum absolute atomic E-state index is 13.4. The highest BCUT2D eigenvalue weighted by Crippen LogP contribution is 2.42. The molecule has 0 saturated heterocycles. The maximum Gasteiger partial charge on any atom is 0.235 e. The minimum absolute atomic E-state index is 0.0748. The van der Waals surface area contributed by atoms with Crippen LogP contribution in [0.4, 0.5) is 5.69 Å². The van der Waals surface area contributed by atoms with Crippen molar-refractivity contribution in [2.24, 2.45) is 0 Å². The molecule has 1 saturated carbocycles. The smallest absolute Gasteiger partial charge is 0.235 e. The normalized spacial score (nSPS) is 15.4. The van der Waals surface area contributed by atoms with Crippen molar-refractivity contribution in [3.63, 3.8) is 0 Å². The molecule has 28 heavy (non-hydrogen) atoms. The van der Waals surface area contributed by atoms with Gasteiger partial charge in [0.05, 0.1) is 12.0 Å². The summed E-state index contributed by atoms with van der Waals surface area (Å²) in [5.41, 5.74) is 3.53. The molecule has 1 aliphatic carbocycles. The summed E-state index contributed by atoms with van der Waals surface area (Å²) in [6.45, 7) is 6.95. The van der Waals surface area contributed by atoms with Crippen LogP contribution >= 0.6 is 11.6 Å². The SMILES string of the molecule is CCCCOc1c(C)cc(NC(=O)C2(c3ccc(Cl)cc3)CCCC2)cc1C. The first kappa shape index (κ1) is 20.7. The Hall–Kier alpha value is -2.00. The first-order valence-corrected chi connectivity index (χ1v) is 10.7. The summed E-state index contributed by atoms with van der Waals surface area (Å²) in [4.78, 5) is 13.4. The summed E-state index contributed by atoms with van der Waals surface area (Å²) in [5.74, 6) is 1.01. The highest BCUT2D eigenvalue weighted by atomic mass is 35.5. The molecular formula is C24H30ClNO2. The monoisotopic (exact) mass is 399 g/mol. The number of nitrogens with one attached hydrogen (secondary N) is 1. The minimum atomic E-state index is -0.470. The van der Waals surface area contributed by atoms with E-state index in [1.807, 2.05) is 50.2 Å². The highest BCUT2D eigenvalue weighted by Gasteiger charge is 2.42. The summed E-state index contributed by atoms with van der Waals surface area (Å²) in [7, 11) is 0. The lowest BCUT2D eigenvalue weighted by atomic mass is 9.78. The Labute approximate surface area is 173 Å². The van der Waals surface area contributed by atoms with Gasteiger partial charge in [-0.1, -0.05) is 49.9 Å². The van der Waals surface area contributed by atoms with Crippen molar-refractivity contribution >= 4 is 23.2 Å². The minimum Gasteiger partial charge on any atom is -0.493 e. The van der Waals surface area contributed by atoms with Gasteiger partial charge in [0, 0.05) is 10.7 Å². The first-order chi connectivity index (χ1) is 13.5. The fourth-order valence-corrected chi connectivity index (χ4v) is 4.34. The molecule has 0 heterocycles. The Balaban J connectivity index is 1.81. The fourth-order valence-electron chi connectivity index (χ4n) is 4.21. The van der Waals surface area contributed by atoms with Crippen LogP contribution in [0.1, 0.15) is 62.1 Å². The summed E-state index contributed by atoms with van der Waals surface area (Å²) in [6.07, 6.45) is 6.03. The Kier molecular flexibility index (Phi) is 6.66. The van der Waals surface area contributed by atoms with Gasteiger partial charge < -0.3 is 10.1 Å². The second-order valence-corrected chi connectivity index (χ2v) is 8.33. The van der Waals surface area contributed by atoms with E-state index in [2.05, 4.69) is 12.2 Å². The van der Waals surface area contributed by atoms with E-state index in [1.54, 1.807) is 0 Å². The van der Waals surface area contributed by atoms with Crippen molar-refractivity contribution in [1.82, 2.24) is 0 Å². The Morgan fingerprint density at radius 2 is 1.71 bits per heavy atom. The molecule has 0 atom stereocenters. The molecule has 150 valence electrons. The molecular weight excluding hydrogens is 370 g/mol. The van der Waals surface area contributed by atoms with Gasteiger partial charge in [0.1, 0.15) is 5.75 Å². The van der Waals surface area contributed by atoms with Crippen LogP contribution < -0.4 is 10.1 Å². The third-order valence-corrected chi connectivity index (χ3v) is 6.00. The summed E-state index contributed by atoms with van der Waals surface area (Å²) in [5, 5.41) is 3.88. The van der Waals surface area contributed by atoms with Crippen LogP contribution in [0.15, 0.2) is 36.4 Å². The number of rotatable bonds is 7. The van der Waals surface area contributed by atoms with Crippen LogP contribution in [0.2, 0.25) is 5.02 Å². The molecule has 2 aromatic rings. The lowest BCUT2D eigenvalue weighted by molar-refractivity contribution is -0.121. The average molecular weight is 400 g/mol. The van der Waals surface area contributed by atoms with Crippen molar-refractivity contribution in [3.05, 3.63) is 58.1 Å². The lowest BCUT2D eigenvalue weighted by Crippen LogP contribution is -2.38. The predicted octanol–water partition coefficient (Wildman–Crippen LogP) is 6.59. The molecule has 0 aliphatic heterocycles. The number of benzene rings is 2. The van der Waals surface area contributed by atoms with Crippen LogP contribution in [0, 0.1) is 13.8 Å². The number of amides is 1. The Morgan fingerprint density at radius 3 is 2.29 bits per heavy atom. The molecule has 0 bridgehead atoms. The number of hydrogen-bond donors (Lipinski definition) is 1. The summed E-state index contributed by atoms with van der Waals surface area (Å²) >= 11 is 6.06. The molecule has 4 heteroatoms. The summed E-state index contributed by atoms with van der Waals surface area (Å²) in [6, 6.07) is 11.8. The Morgan fingerprint density at radius 1 is 1.11 bits per heavy atom. The number of carbonyl (C=O) groups excluding carboxylic acids is 1. The second kappa shape index (κ2) is 9.00. The second-order valence-electron chi connectivity index (χ2n) is 7.89. The highest BCUT2D eigenvalue weighted by molar-refractivity contribution is 6.30. The van der Waals surface area contributed by atoms with Crippen LogP contribution in [0.3, 0.4) is 0 Å². The van der Waals surface area contributed by atoms with Crippen molar-refractivity contribution in [2.45, 2.75) is 64.7 Å². The number of hydrogen-bond acceptors (Lipinski definition) is 2. The van der Waals surface area contributed by atoms with E-state index in [4.69, 9.17) is 16.3 Å². The number of aryl methyl sites for hydroxylation is 2. The van der Waals surface area contributed by atoms with E-state index in [0.29, 0.717) is 5.02 Å². The topological polar surface area (TPSA) is 38.3 Å². The quantitative estimate of drug-likeness (QED) is 0.533. The van der Waals surface area contributed by atoms with Crippen molar-refractivity contribution in [2.75, 3.05) is 11.9 Å². The van der Waals surface area contributed by atoms with E-state index < -0.39 is 5.41 Å². The van der Waals surface area contributed by atoms with Crippen LogP contribution in [0.25, 0.3) is 0 Å². The van der Waals surface area contributed by atoms with E-state index in [1.165, 1.54) is 0 Å². The zero-order valence-electron chi connectivity index (χ0n) is 17.1. The van der Waals surface area contributed by atoms with Gasteiger partial charge in [-0.25, -0.2) is 0 Å². The van der Waals surface area contributed by atoms with Gasteiger partial charge in [-0.2, -0.15) is 0 Å². The molecule has 3 nitrogen and oxygen atoms in total. The van der Waals surface area contributed by atoms with Crippen molar-refractivity contribution in [3.8, 4) is 5.75 Å². The van der Waals surface area contributed by atoms with E-state index in [9.17, 15) is 4.79 Å². The molecule has 1 fully saturated rings. The number of ether oxygens (including phenoxy) is 1. The molecule has 0 aromatic heterocycles. The zero-order chi connectivity index (χ0) is 20.1. The maximum atomic E-state index is 13.4. The van der Waals surface area contributed by atoms with E-state index in [0.717, 1.165) is 73.3 Å². The van der Waals surface area contributed by atoms with Gasteiger partial charge in [-0.05, 0) is 74.1 Å². The van der Waals surface area contributed by atoms with Crippen molar-refractivity contribution in [1.29, 1.82) is 0 Å². The number of carbonyl (C=O) groups is 1. The third-order valence-electron chi connectivity index (χ3n) is 5.75. The first-order valence-electron chi connectivity index (χ1n) is 10.3. The molecule has 2 aromatic carbocycles. The molecule has 3 rings (SSSR count). The van der Waals surface area contributed by atoms with Gasteiger partial charge in [0.15, 0.2) is 0 Å². The van der Waals surface area contributed by atoms with E-state index in [-0.39, 0.29) is 5.91 Å². The Bertz CT molecular complexity index is 800. The molecule has 1 N–H and O–H groups in total. The number of anilines is 1. The van der Waals surface area contributed by atoms with Crippen LogP contribution in [-0.2, 0) is 10.2 Å². The standard InChI is InChI=1S/C24H30ClNO2/c1-4-5-14-28-22-17(2)15-21(16-18(22)3)26-23(27)24(12-6-7-13-24)19-8-10-20(25)11-9-19/h8-11,15-16H,4-7,12-14H2,1-3H3,(H,26,27). The fraction of sp³-hybridized carbons (Fsp3) is 0.458. The number of unbranched alkanes of at least 4 members (excludes halogenated alkanes) is 1. The van der Waals surface area contributed by atoms with Crippen molar-refractivity contribution < 1.29 is 9.53 Å². The lowest BCUT2D eigenvalue weighted by Gasteiger charge is -2.28. The molecule has 0 unspecified atom stereocenters. The third kappa shape index (κ3) is 4.35. The van der Waals surface area contributed by atoms with E-state index >= 15 is 0 Å². The average Bonchev–Trinajstić information content (AvgIpc) is 3.16. The predicted molar refractivity (Wildman–Crippen MR) is 117 cm³/mol.